The molecule has 2 aliphatic carbocycles. The topological polar surface area (TPSA) is 42.0 Å². The van der Waals surface area contributed by atoms with Crippen LogP contribution in [0.4, 0.5) is 10.1 Å². The minimum absolute atomic E-state index is 0.0865. The summed E-state index contributed by atoms with van der Waals surface area (Å²) in [7, 11) is 0. The minimum Gasteiger partial charge on any atom is -0.324 e. The summed E-state index contributed by atoms with van der Waals surface area (Å²) in [5, 5.41) is 2.83. The van der Waals surface area contributed by atoms with E-state index in [1.807, 2.05) is 0 Å². The number of amides is 1. The summed E-state index contributed by atoms with van der Waals surface area (Å²) in [5.74, 6) is 0.144. The first-order valence-corrected chi connectivity index (χ1v) is 5.64. The minimum atomic E-state index is -0.527. The Morgan fingerprint density at radius 2 is 2.44 bits per heavy atom. The van der Waals surface area contributed by atoms with Crippen molar-refractivity contribution >= 4 is 11.6 Å². The van der Waals surface area contributed by atoms with Gasteiger partial charge in [0.15, 0.2) is 0 Å². The first kappa shape index (κ1) is 9.75. The molecular weight excluding hydrogens is 207 g/mol. The molecule has 3 nitrogen and oxygen atoms in total. The maximum atomic E-state index is 12.6. The molecule has 0 aliphatic heterocycles. The number of rotatable bonds is 2. The van der Waals surface area contributed by atoms with Crippen LogP contribution in [0, 0.1) is 17.3 Å². The molecule has 2 aliphatic rings. The lowest BCUT2D eigenvalue weighted by molar-refractivity contribution is -0.121. The standard InChI is InChI=1S/C12H13FN2O/c13-10-4-3-9(7-14-10)15-11(16)12-5-1-2-8(12)6-12/h3-4,7-8H,1-2,5-6H2,(H,15,16)/t8-,12-/m1/s1. The summed E-state index contributed by atoms with van der Waals surface area (Å²) in [6.07, 6.45) is 5.70. The Morgan fingerprint density at radius 1 is 1.56 bits per heavy atom. The second-order valence-corrected chi connectivity index (χ2v) is 4.77. The molecule has 0 spiro atoms. The molecule has 16 heavy (non-hydrogen) atoms. The molecule has 84 valence electrons. The number of hydrogen-bond acceptors (Lipinski definition) is 2. The average molecular weight is 220 g/mol. The highest BCUT2D eigenvalue weighted by Crippen LogP contribution is 2.63. The quantitative estimate of drug-likeness (QED) is 0.777. The van der Waals surface area contributed by atoms with Gasteiger partial charge in [0.1, 0.15) is 0 Å². The Kier molecular flexibility index (Phi) is 1.99. The Labute approximate surface area is 93.1 Å². The molecule has 0 aromatic carbocycles. The molecule has 4 heteroatoms. The smallest absolute Gasteiger partial charge is 0.230 e. The molecule has 3 rings (SSSR count). The van der Waals surface area contributed by atoms with Crippen molar-refractivity contribution in [3.05, 3.63) is 24.3 Å². The van der Waals surface area contributed by atoms with Crippen molar-refractivity contribution in [3.8, 4) is 0 Å². The van der Waals surface area contributed by atoms with Crippen LogP contribution < -0.4 is 5.32 Å². The second kappa shape index (κ2) is 3.27. The number of carbonyl (C=O) groups is 1. The van der Waals surface area contributed by atoms with Crippen molar-refractivity contribution in [2.45, 2.75) is 25.7 Å². The molecule has 0 saturated heterocycles. The van der Waals surface area contributed by atoms with Gasteiger partial charge in [-0.1, -0.05) is 6.42 Å². The molecule has 0 unspecified atom stereocenters. The number of fused-ring (bicyclic) bond motifs is 1. The number of halogens is 1. The van der Waals surface area contributed by atoms with Gasteiger partial charge in [-0.3, -0.25) is 4.79 Å². The monoisotopic (exact) mass is 220 g/mol. The predicted molar refractivity (Wildman–Crippen MR) is 57.2 cm³/mol. The van der Waals surface area contributed by atoms with Crippen molar-refractivity contribution in [1.29, 1.82) is 0 Å². The number of hydrogen-bond donors (Lipinski definition) is 1. The maximum absolute atomic E-state index is 12.6. The zero-order chi connectivity index (χ0) is 11.2. The fraction of sp³-hybridized carbons (Fsp3) is 0.500. The van der Waals surface area contributed by atoms with Crippen LogP contribution in [0.25, 0.3) is 0 Å². The van der Waals surface area contributed by atoms with Gasteiger partial charge in [0.05, 0.1) is 17.3 Å². The van der Waals surface area contributed by atoms with Gasteiger partial charge in [-0.2, -0.15) is 4.39 Å². The molecule has 0 bridgehead atoms. The van der Waals surface area contributed by atoms with Crippen LogP contribution in [0.1, 0.15) is 25.7 Å². The van der Waals surface area contributed by atoms with E-state index in [0.717, 1.165) is 19.3 Å². The molecule has 1 aromatic rings. The van der Waals surface area contributed by atoms with Crippen molar-refractivity contribution in [3.63, 3.8) is 0 Å². The number of aromatic nitrogens is 1. The molecule has 0 radical (unpaired) electrons. The van der Waals surface area contributed by atoms with E-state index in [0.29, 0.717) is 11.6 Å². The fourth-order valence-electron chi connectivity index (χ4n) is 2.83. The van der Waals surface area contributed by atoms with Crippen molar-refractivity contribution in [2.24, 2.45) is 11.3 Å². The lowest BCUT2D eigenvalue weighted by Crippen LogP contribution is -2.24. The number of pyridine rings is 1. The highest BCUT2D eigenvalue weighted by atomic mass is 19.1. The molecular formula is C12H13FN2O. The fourth-order valence-corrected chi connectivity index (χ4v) is 2.83. The lowest BCUT2D eigenvalue weighted by Gasteiger charge is -2.12. The van der Waals surface area contributed by atoms with Crippen molar-refractivity contribution < 1.29 is 9.18 Å². The van der Waals surface area contributed by atoms with Crippen LogP contribution in [0.15, 0.2) is 18.3 Å². The summed E-state index contributed by atoms with van der Waals surface area (Å²) < 4.78 is 12.6. The molecule has 2 fully saturated rings. The van der Waals surface area contributed by atoms with Gasteiger partial charge in [-0.25, -0.2) is 4.98 Å². The van der Waals surface area contributed by atoms with E-state index in [2.05, 4.69) is 10.3 Å². The molecule has 1 heterocycles. The maximum Gasteiger partial charge on any atom is 0.230 e. The zero-order valence-corrected chi connectivity index (χ0v) is 8.87. The summed E-state index contributed by atoms with van der Waals surface area (Å²) >= 11 is 0. The Bertz CT molecular complexity index is 431. The first-order chi connectivity index (χ1) is 7.71. The van der Waals surface area contributed by atoms with Gasteiger partial charge in [0, 0.05) is 0 Å². The third-order valence-corrected chi connectivity index (χ3v) is 3.84. The van der Waals surface area contributed by atoms with E-state index in [1.165, 1.54) is 18.7 Å². The van der Waals surface area contributed by atoms with Gasteiger partial charge in [0.2, 0.25) is 11.9 Å². The number of nitrogens with one attached hydrogen (secondary N) is 1. The van der Waals surface area contributed by atoms with E-state index in [9.17, 15) is 9.18 Å². The third kappa shape index (κ3) is 1.40. The van der Waals surface area contributed by atoms with Gasteiger partial charge in [-0.05, 0) is 37.3 Å². The summed E-state index contributed by atoms with van der Waals surface area (Å²) in [5.41, 5.74) is 0.479. The van der Waals surface area contributed by atoms with E-state index in [4.69, 9.17) is 0 Å². The van der Waals surface area contributed by atoms with Crippen LogP contribution in [-0.4, -0.2) is 10.9 Å². The summed E-state index contributed by atoms with van der Waals surface area (Å²) in [6, 6.07) is 2.80. The summed E-state index contributed by atoms with van der Waals surface area (Å²) in [6.45, 7) is 0. The van der Waals surface area contributed by atoms with Gasteiger partial charge < -0.3 is 5.32 Å². The van der Waals surface area contributed by atoms with E-state index >= 15 is 0 Å². The van der Waals surface area contributed by atoms with Crippen molar-refractivity contribution in [1.82, 2.24) is 4.98 Å². The normalized spacial score (nSPS) is 30.9. The third-order valence-electron chi connectivity index (χ3n) is 3.84. The molecule has 1 amide bonds. The SMILES string of the molecule is O=C(Nc1ccc(F)nc1)[C@@]12CCC[C@@H]1C2. The molecule has 2 saturated carbocycles. The Hall–Kier alpha value is -1.45. The highest BCUT2D eigenvalue weighted by molar-refractivity contribution is 5.97. The van der Waals surface area contributed by atoms with E-state index in [1.54, 1.807) is 6.07 Å². The average Bonchev–Trinajstić information content (AvgIpc) is 2.85. The van der Waals surface area contributed by atoms with Gasteiger partial charge in [-0.15, -0.1) is 0 Å². The zero-order valence-electron chi connectivity index (χ0n) is 8.87. The van der Waals surface area contributed by atoms with Crippen LogP contribution in [0.2, 0.25) is 0 Å². The Morgan fingerprint density at radius 3 is 3.00 bits per heavy atom. The van der Waals surface area contributed by atoms with Gasteiger partial charge in [0.25, 0.3) is 0 Å². The molecule has 1 N–H and O–H groups in total. The molecule has 1 aromatic heterocycles. The largest absolute Gasteiger partial charge is 0.324 e. The van der Waals surface area contributed by atoms with E-state index in [-0.39, 0.29) is 11.3 Å². The van der Waals surface area contributed by atoms with Crippen molar-refractivity contribution in [2.75, 3.05) is 5.32 Å². The molecule has 2 atom stereocenters. The number of carbonyl (C=O) groups excluding carboxylic acids is 1. The van der Waals surface area contributed by atoms with Crippen LogP contribution in [0.3, 0.4) is 0 Å². The van der Waals surface area contributed by atoms with Crippen LogP contribution in [-0.2, 0) is 4.79 Å². The number of anilines is 1. The lowest BCUT2D eigenvalue weighted by atomic mass is 10.0. The van der Waals surface area contributed by atoms with Crippen LogP contribution in [0.5, 0.6) is 0 Å². The van der Waals surface area contributed by atoms with Gasteiger partial charge >= 0.3 is 0 Å². The van der Waals surface area contributed by atoms with Crippen LogP contribution >= 0.6 is 0 Å². The first-order valence-electron chi connectivity index (χ1n) is 5.64. The second-order valence-electron chi connectivity index (χ2n) is 4.77. The number of nitrogens with zero attached hydrogens (tertiary/aromatic N) is 1. The highest BCUT2D eigenvalue weighted by Gasteiger charge is 2.61. The Balaban J connectivity index is 1.71. The predicted octanol–water partition coefficient (Wildman–Crippen LogP) is 2.35. The van der Waals surface area contributed by atoms with E-state index < -0.39 is 5.95 Å². The summed E-state index contributed by atoms with van der Waals surface area (Å²) in [4.78, 5) is 15.5.